The maximum Gasteiger partial charge on any atom is 0.323 e. The molecule has 2 aliphatic carbocycles. The van der Waals surface area contributed by atoms with Crippen LogP contribution in [-0.4, -0.2) is 124 Å². The van der Waals surface area contributed by atoms with Crippen LogP contribution in [0.5, 0.6) is 5.75 Å². The number of rotatable bonds is 25. The van der Waals surface area contributed by atoms with Crippen LogP contribution in [0.4, 0.5) is 0 Å². The topological polar surface area (TPSA) is 305 Å². The molecular formula is C43H69N7O13S. The third-order valence-electron chi connectivity index (χ3n) is 11.1. The third-order valence-corrected chi connectivity index (χ3v) is 11.8. The molecule has 4 atom stereocenters. The van der Waals surface area contributed by atoms with E-state index in [1.807, 2.05) is 4.72 Å². The summed E-state index contributed by atoms with van der Waals surface area (Å²) in [6, 6.07) is 3.82. The smallest absolute Gasteiger partial charge is 0.323 e. The van der Waals surface area contributed by atoms with Gasteiger partial charge in [-0.25, -0.2) is 8.42 Å². The first kappa shape index (κ1) is 54.8. The lowest BCUT2D eigenvalue weighted by atomic mass is 9.86. The second-order valence-electron chi connectivity index (χ2n) is 16.6. The Morgan fingerprint density at radius 2 is 1.12 bits per heavy atom. The van der Waals surface area contributed by atoms with E-state index in [0.717, 1.165) is 37.5 Å². The lowest BCUT2D eigenvalue weighted by molar-refractivity contribution is -0.141. The van der Waals surface area contributed by atoms with Gasteiger partial charge in [0.2, 0.25) is 45.5 Å². The molecule has 2 aliphatic rings. The van der Waals surface area contributed by atoms with Crippen molar-refractivity contribution in [2.24, 2.45) is 17.8 Å². The van der Waals surface area contributed by atoms with E-state index in [4.69, 9.17) is 14.9 Å². The van der Waals surface area contributed by atoms with Gasteiger partial charge in [0.25, 0.3) is 0 Å². The first-order valence-electron chi connectivity index (χ1n) is 22.0. The Balaban J connectivity index is 0.000000473. The fourth-order valence-electron chi connectivity index (χ4n) is 7.22. The molecule has 360 valence electrons. The molecule has 0 bridgehead atoms. The van der Waals surface area contributed by atoms with Gasteiger partial charge >= 0.3 is 11.9 Å². The summed E-state index contributed by atoms with van der Waals surface area (Å²) in [5, 5.41) is 32.9. The quantitative estimate of drug-likeness (QED) is 0.0665. The van der Waals surface area contributed by atoms with Gasteiger partial charge in [-0.3, -0.25) is 38.4 Å². The van der Waals surface area contributed by atoms with Crippen molar-refractivity contribution in [2.75, 3.05) is 39.5 Å². The number of carbonyl (C=O) groups is 8. The maximum atomic E-state index is 12.9. The first-order chi connectivity index (χ1) is 30.3. The van der Waals surface area contributed by atoms with Crippen LogP contribution in [0, 0.1) is 17.8 Å². The third kappa shape index (κ3) is 23.9. The van der Waals surface area contributed by atoms with Crippen molar-refractivity contribution in [2.45, 2.75) is 128 Å². The molecule has 9 N–H and O–H groups in total. The zero-order valence-electron chi connectivity index (χ0n) is 37.5. The van der Waals surface area contributed by atoms with Gasteiger partial charge in [0, 0.05) is 32.4 Å². The number of aliphatic carboxylic acids is 2. The monoisotopic (exact) mass is 923 g/mol. The van der Waals surface area contributed by atoms with Crippen LogP contribution in [0.1, 0.15) is 109 Å². The summed E-state index contributed by atoms with van der Waals surface area (Å²) in [5.74, 6) is -4.01. The SMILES string of the molecule is COc1ccc(C[C@H](NC(=O)CCC2CCCCC2)C(=O)NCC(=O)NCC(NS(C)(=O)=O)C(=O)O)cc1.C[C@H](NC(=O)CCC1CCCCC1)C(=O)NCC(=O)NC[C@H](C)C(=O)O. The number of hydrogen-bond acceptors (Lipinski definition) is 11. The van der Waals surface area contributed by atoms with E-state index in [-0.39, 0.29) is 31.3 Å². The van der Waals surface area contributed by atoms with Crippen molar-refractivity contribution < 1.29 is 61.7 Å². The summed E-state index contributed by atoms with van der Waals surface area (Å²) in [6.07, 6.45) is 15.2. The molecule has 1 aromatic rings. The van der Waals surface area contributed by atoms with E-state index in [1.165, 1.54) is 58.3 Å². The lowest BCUT2D eigenvalue weighted by Crippen LogP contribution is -2.52. The molecule has 3 rings (SSSR count). The Morgan fingerprint density at radius 1 is 0.641 bits per heavy atom. The molecule has 21 heteroatoms. The number of methoxy groups -OCH3 is 1. The van der Waals surface area contributed by atoms with E-state index in [9.17, 15) is 46.8 Å². The van der Waals surface area contributed by atoms with Crippen LogP contribution in [-0.2, 0) is 54.8 Å². The average Bonchev–Trinajstić information content (AvgIpc) is 3.26. The molecule has 0 spiro atoms. The van der Waals surface area contributed by atoms with Crippen LogP contribution in [0.3, 0.4) is 0 Å². The molecule has 0 aliphatic heterocycles. The van der Waals surface area contributed by atoms with Gasteiger partial charge in [0.05, 0.1) is 32.4 Å². The lowest BCUT2D eigenvalue weighted by Gasteiger charge is -2.22. The van der Waals surface area contributed by atoms with Crippen molar-refractivity contribution in [1.29, 1.82) is 0 Å². The van der Waals surface area contributed by atoms with Crippen LogP contribution in [0.25, 0.3) is 0 Å². The number of amides is 6. The van der Waals surface area contributed by atoms with Gasteiger partial charge in [0.1, 0.15) is 23.9 Å². The van der Waals surface area contributed by atoms with Crippen molar-refractivity contribution in [1.82, 2.24) is 36.6 Å². The molecule has 64 heavy (non-hydrogen) atoms. The zero-order chi connectivity index (χ0) is 47.7. The highest BCUT2D eigenvalue weighted by Gasteiger charge is 2.25. The normalized spacial score (nSPS) is 16.2. The molecular weight excluding hydrogens is 855 g/mol. The number of hydrogen-bond donors (Lipinski definition) is 9. The van der Waals surface area contributed by atoms with Gasteiger partial charge in [0.15, 0.2) is 0 Å². The fraction of sp³-hybridized carbons (Fsp3) is 0.674. The Kier molecular flexibility index (Phi) is 25.0. The zero-order valence-corrected chi connectivity index (χ0v) is 38.3. The highest BCUT2D eigenvalue weighted by Crippen LogP contribution is 2.28. The molecule has 6 amide bonds. The summed E-state index contributed by atoms with van der Waals surface area (Å²) in [4.78, 5) is 95.2. The second kappa shape index (κ2) is 29.2. The van der Waals surface area contributed by atoms with E-state index >= 15 is 0 Å². The standard InChI is InChI=1S/C25H38N4O8S.C18H31N3O5/c1-37-19-11-8-18(9-12-19)14-20(28-22(30)13-10-17-6-4-3-5-7-17)24(32)27-16-23(31)26-15-21(25(33)34)29-38(2,35)36;1-12(18(25)26)10-19-16(23)11-20-17(24)13(2)21-15(22)9-8-14-6-4-3-5-7-14/h8-9,11-12,17,20-21,29H,3-7,10,13-16H2,1-2H3,(H,26,31)(H,27,32)(H,28,30)(H,33,34);12-14H,3-11H2,1-2H3,(H,19,23)(H,20,24)(H,21,22)(H,25,26)/t20-,21?;12-,13-/m00/s1. The van der Waals surface area contributed by atoms with E-state index in [0.29, 0.717) is 30.4 Å². The summed E-state index contributed by atoms with van der Waals surface area (Å²) < 4.78 is 29.7. The minimum absolute atomic E-state index is 0.00249. The minimum Gasteiger partial charge on any atom is -0.497 e. The van der Waals surface area contributed by atoms with Crippen LogP contribution in [0.2, 0.25) is 0 Å². The summed E-state index contributed by atoms with van der Waals surface area (Å²) in [6.45, 7) is 1.79. The highest BCUT2D eigenvalue weighted by atomic mass is 32.2. The second-order valence-corrected chi connectivity index (χ2v) is 18.4. The van der Waals surface area contributed by atoms with Crippen molar-refractivity contribution in [3.63, 3.8) is 0 Å². The van der Waals surface area contributed by atoms with E-state index < -0.39 is 82.7 Å². The van der Waals surface area contributed by atoms with Crippen molar-refractivity contribution >= 4 is 57.4 Å². The van der Waals surface area contributed by atoms with Crippen LogP contribution in [0.15, 0.2) is 24.3 Å². The summed E-state index contributed by atoms with van der Waals surface area (Å²) in [7, 11) is -2.27. The Morgan fingerprint density at radius 3 is 1.59 bits per heavy atom. The highest BCUT2D eigenvalue weighted by molar-refractivity contribution is 7.88. The van der Waals surface area contributed by atoms with Crippen LogP contribution >= 0.6 is 0 Å². The average molecular weight is 924 g/mol. The largest absolute Gasteiger partial charge is 0.497 e. The Hall–Kier alpha value is -5.31. The first-order valence-corrected chi connectivity index (χ1v) is 23.9. The molecule has 0 aromatic heterocycles. The Labute approximate surface area is 376 Å². The maximum absolute atomic E-state index is 12.9. The van der Waals surface area contributed by atoms with E-state index in [2.05, 4.69) is 31.9 Å². The van der Waals surface area contributed by atoms with E-state index in [1.54, 1.807) is 38.3 Å². The summed E-state index contributed by atoms with van der Waals surface area (Å²) >= 11 is 0. The molecule has 2 saturated carbocycles. The number of nitrogens with one attached hydrogen (secondary N) is 7. The predicted octanol–water partition coefficient (Wildman–Crippen LogP) is 1.12. The number of carbonyl (C=O) groups excluding carboxylic acids is 6. The molecule has 0 heterocycles. The predicted molar refractivity (Wildman–Crippen MR) is 236 cm³/mol. The molecule has 2 fully saturated rings. The molecule has 0 radical (unpaired) electrons. The number of carboxylic acids is 2. The fourth-order valence-corrected chi connectivity index (χ4v) is 7.92. The number of carboxylic acid groups (broad SMARTS) is 2. The molecule has 20 nitrogen and oxygen atoms in total. The van der Waals surface area contributed by atoms with Gasteiger partial charge < -0.3 is 46.9 Å². The number of ether oxygens (including phenoxy) is 1. The summed E-state index contributed by atoms with van der Waals surface area (Å²) in [5.41, 5.74) is 0.777. The number of sulfonamides is 1. The van der Waals surface area contributed by atoms with Gasteiger partial charge in [-0.2, -0.15) is 4.72 Å². The van der Waals surface area contributed by atoms with Gasteiger partial charge in [-0.05, 0) is 49.3 Å². The van der Waals surface area contributed by atoms with Gasteiger partial charge in [-0.15, -0.1) is 0 Å². The molecule has 1 aromatic carbocycles. The van der Waals surface area contributed by atoms with Crippen molar-refractivity contribution in [3.05, 3.63) is 29.8 Å². The van der Waals surface area contributed by atoms with Gasteiger partial charge in [-0.1, -0.05) is 83.3 Å². The minimum atomic E-state index is -3.81. The van der Waals surface area contributed by atoms with Crippen molar-refractivity contribution in [3.8, 4) is 5.75 Å². The van der Waals surface area contributed by atoms with Crippen LogP contribution < -0.4 is 41.4 Å². The molecule has 1 unspecified atom stereocenters. The Bertz CT molecular complexity index is 1800. The molecule has 0 saturated heterocycles. The number of benzene rings is 1.